The van der Waals surface area contributed by atoms with E-state index in [1.165, 1.54) is 0 Å². The number of nitrogens with zero attached hydrogens (tertiary/aromatic N) is 5. The average molecular weight is 368 g/mol. The van der Waals surface area contributed by atoms with Crippen LogP contribution in [0.5, 0.6) is 0 Å². The van der Waals surface area contributed by atoms with Crippen LogP contribution in [0.25, 0.3) is 0 Å². The number of anilines is 1. The van der Waals surface area contributed by atoms with Crippen molar-refractivity contribution in [1.29, 1.82) is 0 Å². The van der Waals surface area contributed by atoms with E-state index in [9.17, 15) is 17.6 Å². The van der Waals surface area contributed by atoms with Gasteiger partial charge in [0, 0.05) is 50.2 Å². The minimum absolute atomic E-state index is 0.0714. The number of aliphatic imine (C=N–C) groups is 1. The fourth-order valence-electron chi connectivity index (χ4n) is 2.60. The van der Waals surface area contributed by atoms with Crippen molar-refractivity contribution in [3.63, 3.8) is 0 Å². The number of benzene rings is 1. The average Bonchev–Trinajstić information content (AvgIpc) is 2.67. The molecule has 0 spiro atoms. The molecule has 2 heterocycles. The number of hydrogen-bond acceptors (Lipinski definition) is 4. The number of piperazine rings is 1. The molecule has 2 N–H and O–H groups in total. The van der Waals surface area contributed by atoms with Gasteiger partial charge in [-0.25, -0.2) is 32.5 Å². The Bertz CT molecular complexity index is 806. The fraction of sp³-hybridized carbons (Fsp3) is 0.312. The van der Waals surface area contributed by atoms with Gasteiger partial charge in [0.05, 0.1) is 6.54 Å². The molecule has 1 aromatic heterocycles. The third-order valence-corrected chi connectivity index (χ3v) is 4.05. The lowest BCUT2D eigenvalue weighted by Gasteiger charge is -2.35. The molecule has 0 radical (unpaired) electrons. The normalized spacial score (nSPS) is 15.5. The van der Waals surface area contributed by atoms with Crippen molar-refractivity contribution in [3.8, 4) is 0 Å². The van der Waals surface area contributed by atoms with Gasteiger partial charge in [0.15, 0.2) is 23.4 Å². The molecular weight excluding hydrogens is 352 g/mol. The fourth-order valence-corrected chi connectivity index (χ4v) is 2.60. The van der Waals surface area contributed by atoms with E-state index in [1.807, 2.05) is 4.90 Å². The Kier molecular flexibility index (Phi) is 5.19. The van der Waals surface area contributed by atoms with Crippen molar-refractivity contribution in [3.05, 3.63) is 53.4 Å². The predicted octanol–water partition coefficient (Wildman–Crippen LogP) is 1.67. The SMILES string of the molecule is NC(=NCc1c(F)cc(F)c(F)c1F)N1CCN(c2ncccn2)CC1. The van der Waals surface area contributed by atoms with Crippen LogP contribution in [0, 0.1) is 23.3 Å². The van der Waals surface area contributed by atoms with E-state index in [1.54, 1.807) is 23.4 Å². The van der Waals surface area contributed by atoms with Gasteiger partial charge in [-0.2, -0.15) is 0 Å². The topological polar surface area (TPSA) is 70.6 Å². The second kappa shape index (κ2) is 7.54. The Morgan fingerprint density at radius 1 is 1.00 bits per heavy atom. The van der Waals surface area contributed by atoms with Crippen molar-refractivity contribution in [2.24, 2.45) is 10.7 Å². The first kappa shape index (κ1) is 17.9. The summed E-state index contributed by atoms with van der Waals surface area (Å²) in [5.74, 6) is -5.43. The lowest BCUT2D eigenvalue weighted by atomic mass is 10.2. The van der Waals surface area contributed by atoms with Gasteiger partial charge >= 0.3 is 0 Å². The second-order valence-electron chi connectivity index (χ2n) is 5.64. The first-order valence-corrected chi connectivity index (χ1v) is 7.86. The highest BCUT2D eigenvalue weighted by Gasteiger charge is 2.21. The molecule has 1 saturated heterocycles. The van der Waals surface area contributed by atoms with Gasteiger partial charge in [-0.05, 0) is 6.07 Å². The van der Waals surface area contributed by atoms with E-state index < -0.39 is 35.4 Å². The number of rotatable bonds is 3. The molecular formula is C16H16F4N6. The maximum atomic E-state index is 13.7. The van der Waals surface area contributed by atoms with E-state index in [0.29, 0.717) is 32.1 Å². The van der Waals surface area contributed by atoms with Crippen molar-refractivity contribution >= 4 is 11.9 Å². The molecule has 0 bridgehead atoms. The summed E-state index contributed by atoms with van der Waals surface area (Å²) in [5, 5.41) is 0. The molecule has 0 atom stereocenters. The van der Waals surface area contributed by atoms with Crippen LogP contribution in [0.1, 0.15) is 5.56 Å². The maximum absolute atomic E-state index is 13.7. The van der Waals surface area contributed by atoms with Gasteiger partial charge in [0.1, 0.15) is 5.82 Å². The summed E-state index contributed by atoms with van der Waals surface area (Å²) in [6, 6.07) is 2.01. The summed E-state index contributed by atoms with van der Waals surface area (Å²) < 4.78 is 53.5. The molecule has 1 aromatic carbocycles. The highest BCUT2D eigenvalue weighted by atomic mass is 19.2. The van der Waals surface area contributed by atoms with Gasteiger partial charge < -0.3 is 15.5 Å². The lowest BCUT2D eigenvalue weighted by Crippen LogP contribution is -2.51. The Hall–Kier alpha value is -2.91. The van der Waals surface area contributed by atoms with E-state index in [-0.39, 0.29) is 12.0 Å². The Labute approximate surface area is 147 Å². The van der Waals surface area contributed by atoms with Crippen LogP contribution in [-0.2, 0) is 6.54 Å². The number of nitrogens with two attached hydrogens (primary N) is 1. The van der Waals surface area contributed by atoms with Gasteiger partial charge in [0.25, 0.3) is 0 Å². The molecule has 6 nitrogen and oxygen atoms in total. The smallest absolute Gasteiger partial charge is 0.225 e. The maximum Gasteiger partial charge on any atom is 0.225 e. The molecule has 1 fully saturated rings. The standard InChI is InChI=1S/C16H16F4N6/c17-11-8-12(18)14(20)13(19)10(11)9-24-15(21)25-4-6-26(7-5-25)16-22-2-1-3-23-16/h1-3,8H,4-7,9H2,(H2,21,24). The predicted molar refractivity (Wildman–Crippen MR) is 87.4 cm³/mol. The first-order chi connectivity index (χ1) is 12.5. The van der Waals surface area contributed by atoms with E-state index in [4.69, 9.17) is 5.73 Å². The number of guanidine groups is 1. The van der Waals surface area contributed by atoms with Crippen molar-refractivity contribution in [2.45, 2.75) is 6.54 Å². The number of aromatic nitrogens is 2. The zero-order valence-electron chi connectivity index (χ0n) is 13.7. The zero-order chi connectivity index (χ0) is 18.7. The Morgan fingerprint density at radius 3 is 2.31 bits per heavy atom. The number of halogens is 4. The quantitative estimate of drug-likeness (QED) is 0.293. The molecule has 26 heavy (non-hydrogen) atoms. The molecule has 1 aliphatic heterocycles. The molecule has 0 amide bonds. The molecule has 0 aliphatic carbocycles. The number of hydrogen-bond donors (Lipinski definition) is 1. The van der Waals surface area contributed by atoms with Crippen LogP contribution in [0.3, 0.4) is 0 Å². The van der Waals surface area contributed by atoms with Crippen LogP contribution in [0.15, 0.2) is 29.5 Å². The lowest BCUT2D eigenvalue weighted by molar-refractivity contribution is 0.377. The monoisotopic (exact) mass is 368 g/mol. The van der Waals surface area contributed by atoms with Crippen LogP contribution < -0.4 is 10.6 Å². The largest absolute Gasteiger partial charge is 0.370 e. The third-order valence-electron chi connectivity index (χ3n) is 4.05. The summed E-state index contributed by atoms with van der Waals surface area (Å²) >= 11 is 0. The van der Waals surface area contributed by atoms with Gasteiger partial charge in [0.2, 0.25) is 5.95 Å². The highest BCUT2D eigenvalue weighted by Crippen LogP contribution is 2.20. The van der Waals surface area contributed by atoms with E-state index in [0.717, 1.165) is 0 Å². The van der Waals surface area contributed by atoms with E-state index >= 15 is 0 Å². The first-order valence-electron chi connectivity index (χ1n) is 7.86. The summed E-state index contributed by atoms with van der Waals surface area (Å²) in [5.41, 5.74) is 5.20. The molecule has 0 unspecified atom stereocenters. The van der Waals surface area contributed by atoms with Crippen LogP contribution >= 0.6 is 0 Å². The molecule has 3 rings (SSSR count). The zero-order valence-corrected chi connectivity index (χ0v) is 13.7. The van der Waals surface area contributed by atoms with Crippen LogP contribution in [0.2, 0.25) is 0 Å². The van der Waals surface area contributed by atoms with E-state index in [2.05, 4.69) is 15.0 Å². The van der Waals surface area contributed by atoms with Crippen molar-refractivity contribution in [1.82, 2.24) is 14.9 Å². The molecule has 0 saturated carbocycles. The second-order valence-corrected chi connectivity index (χ2v) is 5.64. The molecule has 10 heteroatoms. The summed E-state index contributed by atoms with van der Waals surface area (Å²) in [7, 11) is 0. The summed E-state index contributed by atoms with van der Waals surface area (Å²) in [6.07, 6.45) is 3.30. The molecule has 138 valence electrons. The van der Waals surface area contributed by atoms with Crippen LogP contribution in [-0.4, -0.2) is 47.0 Å². The van der Waals surface area contributed by atoms with Crippen molar-refractivity contribution in [2.75, 3.05) is 31.1 Å². The summed E-state index contributed by atoms with van der Waals surface area (Å²) in [4.78, 5) is 15.9. The summed E-state index contributed by atoms with van der Waals surface area (Å²) in [6.45, 7) is 1.68. The van der Waals surface area contributed by atoms with Gasteiger partial charge in [-0.1, -0.05) is 0 Å². The van der Waals surface area contributed by atoms with Gasteiger partial charge in [-0.15, -0.1) is 0 Å². The Balaban J connectivity index is 1.64. The van der Waals surface area contributed by atoms with Crippen molar-refractivity contribution < 1.29 is 17.6 Å². The molecule has 1 aliphatic rings. The van der Waals surface area contributed by atoms with Crippen LogP contribution in [0.4, 0.5) is 23.5 Å². The highest BCUT2D eigenvalue weighted by molar-refractivity contribution is 5.78. The minimum Gasteiger partial charge on any atom is -0.370 e. The van der Waals surface area contributed by atoms with Gasteiger partial charge in [-0.3, -0.25) is 0 Å². The third kappa shape index (κ3) is 3.68. The molecule has 2 aromatic rings. The Morgan fingerprint density at radius 2 is 1.65 bits per heavy atom. The minimum atomic E-state index is -1.73.